The lowest BCUT2D eigenvalue weighted by Crippen LogP contribution is -2.38. The molecule has 0 saturated heterocycles. The van der Waals surface area contributed by atoms with E-state index in [9.17, 15) is 14.0 Å². The Morgan fingerprint density at radius 2 is 2.03 bits per heavy atom. The van der Waals surface area contributed by atoms with Crippen molar-refractivity contribution in [1.29, 1.82) is 0 Å². The number of hydrogen-bond donors (Lipinski definition) is 1. The number of anilines is 1. The van der Waals surface area contributed by atoms with E-state index in [1.807, 2.05) is 41.8 Å². The van der Waals surface area contributed by atoms with Crippen molar-refractivity contribution in [2.24, 2.45) is 0 Å². The molecule has 1 N–H and O–H groups in total. The van der Waals surface area contributed by atoms with Gasteiger partial charge in [0.2, 0.25) is 11.8 Å². The number of nitrogens with zero attached hydrogens (tertiary/aromatic N) is 1. The van der Waals surface area contributed by atoms with E-state index in [2.05, 4.69) is 5.32 Å². The molecule has 1 aliphatic heterocycles. The number of ether oxygens (including phenoxy) is 1. The molecule has 5 nitrogen and oxygen atoms in total. The summed E-state index contributed by atoms with van der Waals surface area (Å²) in [5, 5.41) is 4.64. The fourth-order valence-electron chi connectivity index (χ4n) is 3.72. The van der Waals surface area contributed by atoms with Crippen LogP contribution in [0.1, 0.15) is 28.3 Å². The van der Waals surface area contributed by atoms with Gasteiger partial charge in [0, 0.05) is 29.1 Å². The van der Waals surface area contributed by atoms with Gasteiger partial charge in [0.1, 0.15) is 11.6 Å². The molecule has 1 aliphatic rings. The first-order valence-corrected chi connectivity index (χ1v) is 10.5. The van der Waals surface area contributed by atoms with Crippen LogP contribution in [0.25, 0.3) is 0 Å². The predicted molar refractivity (Wildman–Crippen MR) is 114 cm³/mol. The van der Waals surface area contributed by atoms with Crippen LogP contribution in [0, 0.1) is 5.82 Å². The van der Waals surface area contributed by atoms with Crippen molar-refractivity contribution in [1.82, 2.24) is 4.90 Å². The van der Waals surface area contributed by atoms with Gasteiger partial charge in [0.05, 0.1) is 19.6 Å². The summed E-state index contributed by atoms with van der Waals surface area (Å²) in [5.41, 5.74) is 1.87. The van der Waals surface area contributed by atoms with E-state index < -0.39 is 11.7 Å². The lowest BCUT2D eigenvalue weighted by molar-refractivity contribution is -0.136. The van der Waals surface area contributed by atoms with Gasteiger partial charge in [0.25, 0.3) is 0 Å². The van der Waals surface area contributed by atoms with Crippen LogP contribution in [0.5, 0.6) is 5.75 Å². The maximum atomic E-state index is 13.7. The van der Waals surface area contributed by atoms with Crippen LogP contribution in [0.3, 0.4) is 0 Å². The van der Waals surface area contributed by atoms with Gasteiger partial charge in [-0.05, 0) is 35.2 Å². The van der Waals surface area contributed by atoms with Crippen molar-refractivity contribution in [3.8, 4) is 5.75 Å². The third kappa shape index (κ3) is 4.21. The lowest BCUT2D eigenvalue weighted by Gasteiger charge is -2.31. The Labute approximate surface area is 178 Å². The van der Waals surface area contributed by atoms with Gasteiger partial charge in [-0.1, -0.05) is 30.3 Å². The highest BCUT2D eigenvalue weighted by atomic mass is 32.1. The topological polar surface area (TPSA) is 58.6 Å². The van der Waals surface area contributed by atoms with E-state index in [1.54, 1.807) is 29.4 Å². The maximum absolute atomic E-state index is 13.7. The number of carbonyl (C=O) groups excluding carboxylic acids is 2. The summed E-state index contributed by atoms with van der Waals surface area (Å²) in [7, 11) is 1.60. The van der Waals surface area contributed by atoms with E-state index >= 15 is 0 Å². The van der Waals surface area contributed by atoms with Crippen molar-refractivity contribution in [2.75, 3.05) is 12.4 Å². The molecule has 2 amide bonds. The van der Waals surface area contributed by atoms with Crippen molar-refractivity contribution >= 4 is 28.8 Å². The summed E-state index contributed by atoms with van der Waals surface area (Å²) >= 11 is 1.57. The first-order valence-electron chi connectivity index (χ1n) is 9.57. The highest BCUT2D eigenvalue weighted by Crippen LogP contribution is 2.35. The SMILES string of the molecule is COc1ccccc1CN(Cc1cccs1)C(=O)[C@H]1CC(=O)Nc2cc(F)ccc21. The number of thiophene rings is 1. The van der Waals surface area contributed by atoms with Crippen LogP contribution in [-0.2, 0) is 22.7 Å². The molecule has 0 unspecified atom stereocenters. The Bertz CT molecular complexity index is 1070. The van der Waals surface area contributed by atoms with Crippen LogP contribution in [-0.4, -0.2) is 23.8 Å². The van der Waals surface area contributed by atoms with E-state index in [0.717, 1.165) is 10.4 Å². The van der Waals surface area contributed by atoms with Gasteiger partial charge >= 0.3 is 0 Å². The first kappa shape index (κ1) is 20.1. The van der Waals surface area contributed by atoms with Crippen molar-refractivity contribution < 1.29 is 18.7 Å². The number of fused-ring (bicyclic) bond motifs is 1. The fourth-order valence-corrected chi connectivity index (χ4v) is 4.44. The molecule has 2 aromatic carbocycles. The number of methoxy groups -OCH3 is 1. The number of amides is 2. The second-order valence-electron chi connectivity index (χ2n) is 7.12. The van der Waals surface area contributed by atoms with Gasteiger partial charge in [-0.2, -0.15) is 0 Å². The summed E-state index contributed by atoms with van der Waals surface area (Å²) in [6.45, 7) is 0.762. The van der Waals surface area contributed by atoms with Crippen LogP contribution in [0.4, 0.5) is 10.1 Å². The minimum Gasteiger partial charge on any atom is -0.496 e. The van der Waals surface area contributed by atoms with Gasteiger partial charge < -0.3 is 15.0 Å². The minimum absolute atomic E-state index is 0.0321. The molecule has 4 rings (SSSR count). The molecule has 0 aliphatic carbocycles. The van der Waals surface area contributed by atoms with Gasteiger partial charge in [-0.15, -0.1) is 11.3 Å². The fraction of sp³-hybridized carbons (Fsp3) is 0.217. The molecular formula is C23H21FN2O3S. The molecule has 0 bridgehead atoms. The smallest absolute Gasteiger partial charge is 0.231 e. The number of benzene rings is 2. The van der Waals surface area contributed by atoms with Crippen molar-refractivity contribution in [2.45, 2.75) is 25.4 Å². The van der Waals surface area contributed by atoms with Crippen molar-refractivity contribution in [3.63, 3.8) is 0 Å². The number of carbonyl (C=O) groups is 2. The Kier molecular flexibility index (Phi) is 5.81. The molecule has 0 spiro atoms. The molecule has 0 saturated carbocycles. The van der Waals surface area contributed by atoms with Gasteiger partial charge in [-0.25, -0.2) is 4.39 Å². The second-order valence-corrected chi connectivity index (χ2v) is 8.15. The second kappa shape index (κ2) is 8.67. The Morgan fingerprint density at radius 3 is 2.80 bits per heavy atom. The number of para-hydroxylation sites is 1. The third-order valence-electron chi connectivity index (χ3n) is 5.14. The molecule has 0 fully saturated rings. The maximum Gasteiger partial charge on any atom is 0.231 e. The number of halogens is 1. The molecule has 7 heteroatoms. The zero-order chi connectivity index (χ0) is 21.1. The molecule has 1 aromatic heterocycles. The zero-order valence-electron chi connectivity index (χ0n) is 16.4. The van der Waals surface area contributed by atoms with Crippen LogP contribution in [0.2, 0.25) is 0 Å². The first-order chi connectivity index (χ1) is 14.5. The quantitative estimate of drug-likeness (QED) is 0.632. The number of hydrogen-bond acceptors (Lipinski definition) is 4. The predicted octanol–water partition coefficient (Wildman–Crippen LogP) is 4.55. The highest BCUT2D eigenvalue weighted by Gasteiger charge is 2.34. The molecule has 3 aromatic rings. The van der Waals surface area contributed by atoms with Crippen LogP contribution >= 0.6 is 11.3 Å². The van der Waals surface area contributed by atoms with E-state index in [4.69, 9.17) is 4.74 Å². The summed E-state index contributed by atoms with van der Waals surface area (Å²) in [5.74, 6) is -0.877. The average Bonchev–Trinajstić information content (AvgIpc) is 3.25. The van der Waals surface area contributed by atoms with Crippen LogP contribution in [0.15, 0.2) is 60.0 Å². The summed E-state index contributed by atoms with van der Waals surface area (Å²) in [6.07, 6.45) is 0.0321. The van der Waals surface area contributed by atoms with E-state index in [-0.39, 0.29) is 18.2 Å². The molecule has 2 heterocycles. The molecule has 0 radical (unpaired) electrons. The molecule has 1 atom stereocenters. The molecular weight excluding hydrogens is 403 g/mol. The standard InChI is InChI=1S/C23H21FN2O3S/c1-29-21-7-3-2-5-15(21)13-26(14-17-6-4-10-30-17)23(28)19-12-22(27)25-20-11-16(24)8-9-18(19)20/h2-11,19H,12-14H2,1H3,(H,25,27)/t19-/m0/s1. The molecule has 30 heavy (non-hydrogen) atoms. The summed E-state index contributed by atoms with van der Waals surface area (Å²) in [6, 6.07) is 15.6. The van der Waals surface area contributed by atoms with Gasteiger partial charge in [0.15, 0.2) is 0 Å². The highest BCUT2D eigenvalue weighted by molar-refractivity contribution is 7.09. The zero-order valence-corrected chi connectivity index (χ0v) is 17.2. The van der Waals surface area contributed by atoms with E-state index in [1.165, 1.54) is 12.1 Å². The van der Waals surface area contributed by atoms with Crippen molar-refractivity contribution in [3.05, 3.63) is 81.8 Å². The minimum atomic E-state index is -0.663. The summed E-state index contributed by atoms with van der Waals surface area (Å²) in [4.78, 5) is 28.6. The van der Waals surface area contributed by atoms with E-state index in [0.29, 0.717) is 30.1 Å². The Hall–Kier alpha value is -3.19. The Balaban J connectivity index is 1.68. The molecule has 154 valence electrons. The average molecular weight is 424 g/mol. The third-order valence-corrected chi connectivity index (χ3v) is 6.01. The van der Waals surface area contributed by atoms with Crippen LogP contribution < -0.4 is 10.1 Å². The number of rotatable bonds is 6. The monoisotopic (exact) mass is 424 g/mol. The lowest BCUT2D eigenvalue weighted by atomic mass is 9.89. The normalized spacial score (nSPS) is 15.3. The number of nitrogens with one attached hydrogen (secondary N) is 1. The summed E-state index contributed by atoms with van der Waals surface area (Å²) < 4.78 is 19.1. The Morgan fingerprint density at radius 1 is 1.20 bits per heavy atom. The van der Waals surface area contributed by atoms with Gasteiger partial charge in [-0.3, -0.25) is 9.59 Å². The largest absolute Gasteiger partial charge is 0.496 e.